The highest BCUT2D eigenvalue weighted by Gasteiger charge is 2.39. The lowest BCUT2D eigenvalue weighted by Gasteiger charge is -2.22. The van der Waals surface area contributed by atoms with Gasteiger partial charge in [0, 0.05) is 5.41 Å². The lowest BCUT2D eigenvalue weighted by Crippen LogP contribution is -2.29. The SMILES string of the molecule is COC(=O)c1c(C(F)(F)F)ccc(OC)c1NC(=O)C(C)(C)C. The normalized spacial score (nSPS) is 11.8. The summed E-state index contributed by atoms with van der Waals surface area (Å²) in [5.41, 5.74) is -3.26. The second-order valence-electron chi connectivity index (χ2n) is 5.76. The molecule has 1 aromatic rings. The van der Waals surface area contributed by atoms with E-state index < -0.39 is 34.6 Å². The zero-order valence-corrected chi connectivity index (χ0v) is 13.4. The molecule has 1 rings (SSSR count). The van der Waals surface area contributed by atoms with Gasteiger partial charge < -0.3 is 14.8 Å². The van der Waals surface area contributed by atoms with Crippen LogP contribution in [0, 0.1) is 5.41 Å². The molecule has 0 saturated carbocycles. The van der Waals surface area contributed by atoms with Crippen LogP contribution in [-0.4, -0.2) is 26.1 Å². The van der Waals surface area contributed by atoms with Gasteiger partial charge in [-0.2, -0.15) is 13.2 Å². The molecule has 0 aliphatic rings. The van der Waals surface area contributed by atoms with E-state index in [1.807, 2.05) is 0 Å². The highest BCUT2D eigenvalue weighted by atomic mass is 19.4. The lowest BCUT2D eigenvalue weighted by atomic mass is 9.95. The molecule has 0 atom stereocenters. The van der Waals surface area contributed by atoms with Crippen molar-refractivity contribution in [2.75, 3.05) is 19.5 Å². The minimum Gasteiger partial charge on any atom is -0.495 e. The van der Waals surface area contributed by atoms with Crippen LogP contribution in [0.5, 0.6) is 5.75 Å². The van der Waals surface area contributed by atoms with Gasteiger partial charge in [0.1, 0.15) is 5.75 Å². The molecule has 0 radical (unpaired) electrons. The number of esters is 1. The van der Waals surface area contributed by atoms with Crippen molar-refractivity contribution in [2.45, 2.75) is 26.9 Å². The van der Waals surface area contributed by atoms with Gasteiger partial charge in [0.05, 0.1) is 31.0 Å². The zero-order valence-electron chi connectivity index (χ0n) is 13.4. The molecule has 1 aromatic carbocycles. The second-order valence-corrected chi connectivity index (χ2v) is 5.76. The van der Waals surface area contributed by atoms with Crippen LogP contribution in [0.1, 0.15) is 36.7 Å². The first-order valence-electron chi connectivity index (χ1n) is 6.61. The maximum Gasteiger partial charge on any atom is 0.417 e. The molecule has 0 spiro atoms. The second kappa shape index (κ2) is 6.47. The summed E-state index contributed by atoms with van der Waals surface area (Å²) in [5, 5.41) is 2.33. The summed E-state index contributed by atoms with van der Waals surface area (Å²) in [6, 6.07) is 1.74. The van der Waals surface area contributed by atoms with Gasteiger partial charge in [-0.25, -0.2) is 4.79 Å². The molecule has 5 nitrogen and oxygen atoms in total. The highest BCUT2D eigenvalue weighted by Crippen LogP contribution is 2.40. The van der Waals surface area contributed by atoms with E-state index in [4.69, 9.17) is 4.74 Å². The number of hydrogen-bond acceptors (Lipinski definition) is 4. The Morgan fingerprint density at radius 2 is 1.65 bits per heavy atom. The summed E-state index contributed by atoms with van der Waals surface area (Å²) in [5.74, 6) is -1.86. The van der Waals surface area contributed by atoms with Gasteiger partial charge in [0.25, 0.3) is 0 Å². The molecule has 0 aliphatic carbocycles. The van der Waals surface area contributed by atoms with E-state index in [0.29, 0.717) is 6.07 Å². The number of amides is 1. The number of hydrogen-bond donors (Lipinski definition) is 1. The summed E-state index contributed by atoms with van der Waals surface area (Å²) < 4.78 is 48.9. The number of anilines is 1. The molecule has 0 unspecified atom stereocenters. The Labute approximate surface area is 131 Å². The molecular weight excluding hydrogens is 315 g/mol. The number of carbonyl (C=O) groups excluding carboxylic acids is 2. The minimum absolute atomic E-state index is 0.0731. The van der Waals surface area contributed by atoms with Gasteiger partial charge in [-0.15, -0.1) is 0 Å². The van der Waals surface area contributed by atoms with Crippen LogP contribution >= 0.6 is 0 Å². The number of ether oxygens (including phenoxy) is 2. The molecular formula is C15H18F3NO4. The molecule has 1 amide bonds. The molecule has 0 bridgehead atoms. The quantitative estimate of drug-likeness (QED) is 0.860. The number of alkyl halides is 3. The summed E-state index contributed by atoms with van der Waals surface area (Å²) in [4.78, 5) is 24.0. The molecule has 0 aliphatic heterocycles. The van der Waals surface area contributed by atoms with Crippen LogP contribution < -0.4 is 10.1 Å². The van der Waals surface area contributed by atoms with Crippen molar-refractivity contribution >= 4 is 17.6 Å². The number of nitrogens with one attached hydrogen (secondary N) is 1. The van der Waals surface area contributed by atoms with Gasteiger partial charge in [-0.05, 0) is 12.1 Å². The predicted octanol–water partition coefficient (Wildman–Crippen LogP) is 3.49. The molecule has 8 heteroatoms. The van der Waals surface area contributed by atoms with E-state index in [2.05, 4.69) is 10.1 Å². The summed E-state index contributed by atoms with van der Waals surface area (Å²) >= 11 is 0. The number of methoxy groups -OCH3 is 2. The standard InChI is InChI=1S/C15H18F3NO4/c1-14(2,3)13(21)19-11-9(22-4)7-6-8(15(16,17)18)10(11)12(20)23-5/h6-7H,1-5H3,(H,19,21). The highest BCUT2D eigenvalue weighted by molar-refractivity contribution is 6.05. The van der Waals surface area contributed by atoms with Crippen LogP contribution in [0.15, 0.2) is 12.1 Å². The number of rotatable bonds is 3. The first-order valence-corrected chi connectivity index (χ1v) is 6.61. The fourth-order valence-electron chi connectivity index (χ4n) is 1.73. The Balaban J connectivity index is 3.63. The topological polar surface area (TPSA) is 64.6 Å². The van der Waals surface area contributed by atoms with Gasteiger partial charge in [-0.1, -0.05) is 20.8 Å². The zero-order chi connectivity index (χ0) is 18.0. The van der Waals surface area contributed by atoms with Crippen LogP contribution in [0.2, 0.25) is 0 Å². The smallest absolute Gasteiger partial charge is 0.417 e. The Kier molecular flexibility index (Phi) is 5.29. The van der Waals surface area contributed by atoms with Crippen LogP contribution in [0.3, 0.4) is 0 Å². The van der Waals surface area contributed by atoms with Gasteiger partial charge in [0.15, 0.2) is 0 Å². The Morgan fingerprint density at radius 1 is 1.09 bits per heavy atom. The van der Waals surface area contributed by atoms with E-state index >= 15 is 0 Å². The number of carbonyl (C=O) groups is 2. The molecule has 0 fully saturated rings. The average Bonchev–Trinajstić information content (AvgIpc) is 2.43. The van der Waals surface area contributed by atoms with E-state index in [1.165, 1.54) is 7.11 Å². The van der Waals surface area contributed by atoms with Gasteiger partial charge >= 0.3 is 12.1 Å². The monoisotopic (exact) mass is 333 g/mol. The fourth-order valence-corrected chi connectivity index (χ4v) is 1.73. The van der Waals surface area contributed by atoms with E-state index in [1.54, 1.807) is 20.8 Å². The summed E-state index contributed by atoms with van der Waals surface area (Å²) in [6.45, 7) is 4.75. The van der Waals surface area contributed by atoms with Crippen molar-refractivity contribution in [3.8, 4) is 5.75 Å². The van der Waals surface area contributed by atoms with Crippen molar-refractivity contribution in [2.24, 2.45) is 5.41 Å². The molecule has 0 saturated heterocycles. The molecule has 128 valence electrons. The van der Waals surface area contributed by atoms with E-state index in [0.717, 1.165) is 13.2 Å². The average molecular weight is 333 g/mol. The fraction of sp³-hybridized carbons (Fsp3) is 0.467. The minimum atomic E-state index is -4.79. The predicted molar refractivity (Wildman–Crippen MR) is 77.4 cm³/mol. The van der Waals surface area contributed by atoms with Gasteiger partial charge in [0.2, 0.25) is 5.91 Å². The first-order chi connectivity index (χ1) is 10.4. The van der Waals surface area contributed by atoms with Crippen LogP contribution in [0.25, 0.3) is 0 Å². The van der Waals surface area contributed by atoms with E-state index in [9.17, 15) is 22.8 Å². The van der Waals surface area contributed by atoms with Crippen molar-refractivity contribution in [3.63, 3.8) is 0 Å². The van der Waals surface area contributed by atoms with Gasteiger partial charge in [-0.3, -0.25) is 4.79 Å². The Hall–Kier alpha value is -2.25. The third-order valence-electron chi connectivity index (χ3n) is 3.00. The Bertz CT molecular complexity index is 618. The van der Waals surface area contributed by atoms with Crippen molar-refractivity contribution in [1.29, 1.82) is 0 Å². The van der Waals surface area contributed by atoms with Crippen LogP contribution in [-0.2, 0) is 15.7 Å². The largest absolute Gasteiger partial charge is 0.495 e. The molecule has 0 aromatic heterocycles. The summed E-state index contributed by atoms with van der Waals surface area (Å²) in [7, 11) is 2.17. The maximum absolute atomic E-state index is 13.2. The number of halogens is 3. The Morgan fingerprint density at radius 3 is 2.04 bits per heavy atom. The molecule has 1 N–H and O–H groups in total. The van der Waals surface area contributed by atoms with Crippen LogP contribution in [0.4, 0.5) is 18.9 Å². The lowest BCUT2D eigenvalue weighted by molar-refractivity contribution is -0.138. The van der Waals surface area contributed by atoms with Crippen molar-refractivity contribution in [1.82, 2.24) is 0 Å². The van der Waals surface area contributed by atoms with Crippen molar-refractivity contribution in [3.05, 3.63) is 23.3 Å². The summed E-state index contributed by atoms with van der Waals surface area (Å²) in [6.07, 6.45) is -4.79. The van der Waals surface area contributed by atoms with E-state index in [-0.39, 0.29) is 11.4 Å². The number of benzene rings is 1. The molecule has 23 heavy (non-hydrogen) atoms. The first kappa shape index (κ1) is 18.8. The third-order valence-corrected chi connectivity index (χ3v) is 3.00. The third kappa shape index (κ3) is 4.14. The van der Waals surface area contributed by atoms with Crippen molar-refractivity contribution < 1.29 is 32.2 Å². The maximum atomic E-state index is 13.2. The molecule has 0 heterocycles.